The summed E-state index contributed by atoms with van der Waals surface area (Å²) in [4.78, 5) is 0.386. The molecule has 0 heterocycles. The summed E-state index contributed by atoms with van der Waals surface area (Å²) in [5.41, 5.74) is 0. The van der Waals surface area contributed by atoms with Crippen LogP contribution in [0.5, 0.6) is 0 Å². The molecule has 0 amide bonds. The first-order valence-electron chi connectivity index (χ1n) is 5.68. The highest BCUT2D eigenvalue weighted by atomic mass is 32.2. The molecule has 0 aliphatic rings. The first-order valence-corrected chi connectivity index (χ1v) is 7.12. The van der Waals surface area contributed by atoms with E-state index in [4.69, 9.17) is 0 Å². The van der Waals surface area contributed by atoms with E-state index in [1.807, 2.05) is 19.9 Å². The van der Waals surface area contributed by atoms with Crippen LogP contribution < -0.4 is 0 Å². The average Bonchev–Trinajstić information content (AvgIpc) is 2.30. The molecule has 0 radical (unpaired) electrons. The summed E-state index contributed by atoms with van der Waals surface area (Å²) >= 11 is 0. The second kappa shape index (κ2) is 6.01. The van der Waals surface area contributed by atoms with Crippen molar-refractivity contribution < 1.29 is 8.42 Å². The summed E-state index contributed by atoms with van der Waals surface area (Å²) in [7, 11) is -3.29. The van der Waals surface area contributed by atoms with Gasteiger partial charge < -0.3 is 0 Å². The van der Waals surface area contributed by atoms with Crippen LogP contribution in [0.3, 0.4) is 0 Å². The first-order chi connectivity index (χ1) is 7.62. The number of hydrogen-bond acceptors (Lipinski definition) is 2. The normalized spacial score (nSPS) is 11.9. The molecule has 3 nitrogen and oxygen atoms in total. The van der Waals surface area contributed by atoms with Crippen LogP contribution in [0.2, 0.25) is 0 Å². The Kier molecular flexibility index (Phi) is 4.96. The summed E-state index contributed by atoms with van der Waals surface area (Å²) in [6.07, 6.45) is 1.68. The zero-order valence-electron chi connectivity index (χ0n) is 9.89. The molecule has 0 fully saturated rings. The van der Waals surface area contributed by atoms with Crippen molar-refractivity contribution in [1.82, 2.24) is 4.31 Å². The lowest BCUT2D eigenvalue weighted by atomic mass is 10.4. The van der Waals surface area contributed by atoms with Crippen LogP contribution in [0.4, 0.5) is 0 Å². The van der Waals surface area contributed by atoms with E-state index in [-0.39, 0.29) is 0 Å². The third-order valence-electron chi connectivity index (χ3n) is 2.33. The van der Waals surface area contributed by atoms with Crippen LogP contribution in [0, 0.1) is 0 Å². The molecule has 0 atom stereocenters. The highest BCUT2D eigenvalue weighted by Gasteiger charge is 2.22. The van der Waals surface area contributed by atoms with Crippen LogP contribution in [-0.4, -0.2) is 25.8 Å². The minimum Gasteiger partial charge on any atom is -0.207 e. The van der Waals surface area contributed by atoms with Gasteiger partial charge in [-0.3, -0.25) is 0 Å². The minimum atomic E-state index is -3.29. The van der Waals surface area contributed by atoms with Gasteiger partial charge in [0.2, 0.25) is 10.0 Å². The monoisotopic (exact) mass is 241 g/mol. The van der Waals surface area contributed by atoms with E-state index >= 15 is 0 Å². The molecule has 0 unspecified atom stereocenters. The topological polar surface area (TPSA) is 37.4 Å². The summed E-state index contributed by atoms with van der Waals surface area (Å²) < 4.78 is 26.0. The van der Waals surface area contributed by atoms with Gasteiger partial charge in [0.1, 0.15) is 0 Å². The molecule has 0 aliphatic carbocycles. The highest BCUT2D eigenvalue weighted by molar-refractivity contribution is 7.89. The SMILES string of the molecule is CCCN(CCC)S(=O)(=O)c1ccccc1. The van der Waals surface area contributed by atoms with Gasteiger partial charge in [0.05, 0.1) is 4.90 Å². The molecule has 0 saturated heterocycles. The van der Waals surface area contributed by atoms with E-state index in [0.717, 1.165) is 12.8 Å². The maximum Gasteiger partial charge on any atom is 0.243 e. The van der Waals surface area contributed by atoms with Crippen LogP contribution in [0.1, 0.15) is 26.7 Å². The second-order valence-corrected chi connectivity index (χ2v) is 5.66. The number of nitrogens with zero attached hydrogens (tertiary/aromatic N) is 1. The quantitative estimate of drug-likeness (QED) is 0.767. The standard InChI is InChI=1S/C12H19NO2S/c1-3-10-13(11-4-2)16(14,15)12-8-6-5-7-9-12/h5-9H,3-4,10-11H2,1-2H3. The maximum absolute atomic E-state index is 12.2. The number of rotatable bonds is 6. The van der Waals surface area contributed by atoms with Crippen molar-refractivity contribution in [3.05, 3.63) is 30.3 Å². The van der Waals surface area contributed by atoms with Gasteiger partial charge in [-0.05, 0) is 25.0 Å². The zero-order valence-corrected chi connectivity index (χ0v) is 10.7. The summed E-state index contributed by atoms with van der Waals surface area (Å²) in [5, 5.41) is 0. The lowest BCUT2D eigenvalue weighted by molar-refractivity contribution is 0.410. The zero-order chi connectivity index (χ0) is 12.0. The van der Waals surface area contributed by atoms with Crippen LogP contribution >= 0.6 is 0 Å². The lowest BCUT2D eigenvalue weighted by Gasteiger charge is -2.20. The van der Waals surface area contributed by atoms with Gasteiger partial charge in [0.25, 0.3) is 0 Å². The van der Waals surface area contributed by atoms with Crippen molar-refractivity contribution in [2.75, 3.05) is 13.1 Å². The van der Waals surface area contributed by atoms with Gasteiger partial charge in [0.15, 0.2) is 0 Å². The van der Waals surface area contributed by atoms with Gasteiger partial charge >= 0.3 is 0 Å². The van der Waals surface area contributed by atoms with Gasteiger partial charge in [0, 0.05) is 13.1 Å². The molecule has 0 aliphatic heterocycles. The van der Waals surface area contributed by atoms with Gasteiger partial charge in [-0.15, -0.1) is 0 Å². The molecule has 1 aromatic rings. The Bertz CT molecular complexity index is 394. The largest absolute Gasteiger partial charge is 0.243 e. The highest BCUT2D eigenvalue weighted by Crippen LogP contribution is 2.15. The molecule has 1 rings (SSSR count). The van der Waals surface area contributed by atoms with Gasteiger partial charge in [-0.1, -0.05) is 32.0 Å². The summed E-state index contributed by atoms with van der Waals surface area (Å²) in [6.45, 7) is 5.16. The van der Waals surface area contributed by atoms with Crippen molar-refractivity contribution in [3.8, 4) is 0 Å². The lowest BCUT2D eigenvalue weighted by Crippen LogP contribution is -2.32. The fourth-order valence-electron chi connectivity index (χ4n) is 1.59. The molecule has 1 aromatic carbocycles. The summed E-state index contributed by atoms with van der Waals surface area (Å²) in [6, 6.07) is 8.62. The second-order valence-electron chi connectivity index (χ2n) is 3.72. The maximum atomic E-state index is 12.2. The number of benzene rings is 1. The van der Waals surface area contributed by atoms with Crippen molar-refractivity contribution >= 4 is 10.0 Å². The Hall–Kier alpha value is -0.870. The van der Waals surface area contributed by atoms with Gasteiger partial charge in [-0.25, -0.2) is 8.42 Å². The molecule has 16 heavy (non-hydrogen) atoms. The molecule has 90 valence electrons. The Morgan fingerprint density at radius 1 is 1.00 bits per heavy atom. The molecule has 0 bridgehead atoms. The first kappa shape index (κ1) is 13.2. The van der Waals surface area contributed by atoms with Crippen molar-refractivity contribution in [3.63, 3.8) is 0 Å². The van der Waals surface area contributed by atoms with E-state index in [9.17, 15) is 8.42 Å². The van der Waals surface area contributed by atoms with Crippen LogP contribution in [0.15, 0.2) is 35.2 Å². The van der Waals surface area contributed by atoms with E-state index < -0.39 is 10.0 Å². The predicted molar refractivity (Wildman–Crippen MR) is 65.8 cm³/mol. The van der Waals surface area contributed by atoms with E-state index in [1.165, 1.54) is 0 Å². The minimum absolute atomic E-state index is 0.386. The van der Waals surface area contributed by atoms with E-state index in [2.05, 4.69) is 0 Å². The molecular formula is C12H19NO2S. The average molecular weight is 241 g/mol. The van der Waals surface area contributed by atoms with Crippen molar-refractivity contribution in [2.45, 2.75) is 31.6 Å². The van der Waals surface area contributed by atoms with Gasteiger partial charge in [-0.2, -0.15) is 4.31 Å². The molecule has 4 heteroatoms. The van der Waals surface area contributed by atoms with Crippen LogP contribution in [-0.2, 0) is 10.0 Å². The fourth-order valence-corrected chi connectivity index (χ4v) is 3.24. The number of hydrogen-bond donors (Lipinski definition) is 0. The van der Waals surface area contributed by atoms with Crippen LogP contribution in [0.25, 0.3) is 0 Å². The van der Waals surface area contributed by atoms with E-state index in [1.54, 1.807) is 28.6 Å². The fraction of sp³-hybridized carbons (Fsp3) is 0.500. The number of sulfonamides is 1. The Morgan fingerprint density at radius 2 is 1.50 bits per heavy atom. The van der Waals surface area contributed by atoms with E-state index in [0.29, 0.717) is 18.0 Å². The Balaban J connectivity index is 2.98. The summed E-state index contributed by atoms with van der Waals surface area (Å²) in [5.74, 6) is 0. The molecule has 0 aromatic heterocycles. The van der Waals surface area contributed by atoms with Crippen molar-refractivity contribution in [1.29, 1.82) is 0 Å². The van der Waals surface area contributed by atoms with Crippen molar-refractivity contribution in [2.24, 2.45) is 0 Å². The third kappa shape index (κ3) is 3.06. The smallest absolute Gasteiger partial charge is 0.207 e. The molecule has 0 spiro atoms. The molecular weight excluding hydrogens is 222 g/mol. The molecule has 0 saturated carbocycles. The Labute approximate surface area is 98.1 Å². The third-order valence-corrected chi connectivity index (χ3v) is 4.24. The molecule has 0 N–H and O–H groups in total. The predicted octanol–water partition coefficient (Wildman–Crippen LogP) is 2.50. The Morgan fingerprint density at radius 3 is 1.94 bits per heavy atom.